The second-order valence-corrected chi connectivity index (χ2v) is 5.84. The largest absolute Gasteiger partial charge is 0.289 e. The Morgan fingerprint density at radius 3 is 2.88 bits per heavy atom. The van der Waals surface area contributed by atoms with Gasteiger partial charge in [-0.3, -0.25) is 4.40 Å². The summed E-state index contributed by atoms with van der Waals surface area (Å²) in [5.41, 5.74) is 0.544. The lowest BCUT2D eigenvalue weighted by molar-refractivity contribution is 0.590. The Hall–Kier alpha value is -1.07. The van der Waals surface area contributed by atoms with Gasteiger partial charge in [-0.15, -0.1) is 0 Å². The second kappa shape index (κ2) is 4.07. The van der Waals surface area contributed by atoms with Gasteiger partial charge in [0.2, 0.25) is 0 Å². The predicted molar refractivity (Wildman–Crippen MR) is 62.5 cm³/mol. The van der Waals surface area contributed by atoms with E-state index in [-0.39, 0.29) is 15.9 Å². The Morgan fingerprint density at radius 1 is 1.44 bits per heavy atom. The standard InChI is InChI=1S/C10H11ClN2O2S/c1-2-7-16(14,15)10-9(11)12-8-5-3-4-6-13(8)10/h3-6H,2,7H2,1H3. The SMILES string of the molecule is CCCS(=O)(=O)c1c(Cl)nc2ccccn12. The molecular formula is C10H11ClN2O2S. The highest BCUT2D eigenvalue weighted by Gasteiger charge is 2.23. The molecule has 0 N–H and O–H groups in total. The van der Waals surface area contributed by atoms with Gasteiger partial charge in [0.25, 0.3) is 0 Å². The maximum atomic E-state index is 12.0. The van der Waals surface area contributed by atoms with E-state index in [1.54, 1.807) is 24.4 Å². The Kier molecular flexibility index (Phi) is 2.90. The van der Waals surface area contributed by atoms with E-state index in [2.05, 4.69) is 4.98 Å². The van der Waals surface area contributed by atoms with Crippen molar-refractivity contribution in [2.45, 2.75) is 18.4 Å². The first-order valence-corrected chi connectivity index (χ1v) is 6.94. The van der Waals surface area contributed by atoms with Crippen molar-refractivity contribution in [3.63, 3.8) is 0 Å². The molecule has 86 valence electrons. The van der Waals surface area contributed by atoms with Crippen LogP contribution >= 0.6 is 11.6 Å². The van der Waals surface area contributed by atoms with Crippen molar-refractivity contribution >= 4 is 27.1 Å². The minimum atomic E-state index is -3.36. The lowest BCUT2D eigenvalue weighted by Gasteiger charge is -2.02. The van der Waals surface area contributed by atoms with Crippen LogP contribution in [0.4, 0.5) is 0 Å². The van der Waals surface area contributed by atoms with Crippen molar-refractivity contribution < 1.29 is 8.42 Å². The first-order chi connectivity index (χ1) is 7.56. The number of halogens is 1. The normalized spacial score (nSPS) is 12.1. The van der Waals surface area contributed by atoms with Crippen molar-refractivity contribution in [2.75, 3.05) is 5.75 Å². The first-order valence-electron chi connectivity index (χ1n) is 4.91. The molecule has 0 fully saturated rings. The van der Waals surface area contributed by atoms with Gasteiger partial charge in [-0.1, -0.05) is 24.6 Å². The van der Waals surface area contributed by atoms with Crippen molar-refractivity contribution in [3.8, 4) is 0 Å². The summed E-state index contributed by atoms with van der Waals surface area (Å²) in [6, 6.07) is 5.25. The van der Waals surface area contributed by atoms with Crippen LogP contribution in [-0.4, -0.2) is 23.6 Å². The molecule has 0 aromatic carbocycles. The van der Waals surface area contributed by atoms with E-state index in [4.69, 9.17) is 11.6 Å². The van der Waals surface area contributed by atoms with E-state index in [1.165, 1.54) is 4.40 Å². The van der Waals surface area contributed by atoms with Gasteiger partial charge < -0.3 is 0 Å². The molecule has 0 saturated carbocycles. The number of hydrogen-bond acceptors (Lipinski definition) is 3. The van der Waals surface area contributed by atoms with E-state index in [9.17, 15) is 8.42 Å². The van der Waals surface area contributed by atoms with Gasteiger partial charge in [-0.2, -0.15) is 0 Å². The molecule has 2 heterocycles. The number of sulfone groups is 1. The molecule has 0 aliphatic heterocycles. The maximum absolute atomic E-state index is 12.0. The third kappa shape index (κ3) is 1.81. The number of hydrogen-bond donors (Lipinski definition) is 0. The average Bonchev–Trinajstić information content (AvgIpc) is 2.53. The Labute approximate surface area is 98.8 Å². The molecule has 2 rings (SSSR count). The fraction of sp³-hybridized carbons (Fsp3) is 0.300. The summed E-state index contributed by atoms with van der Waals surface area (Å²) in [6.07, 6.45) is 2.20. The van der Waals surface area contributed by atoms with Crippen LogP contribution in [0.3, 0.4) is 0 Å². The molecule has 0 atom stereocenters. The molecule has 0 bridgehead atoms. The Balaban J connectivity index is 2.73. The number of rotatable bonds is 3. The monoisotopic (exact) mass is 258 g/mol. The van der Waals surface area contributed by atoms with Crippen LogP contribution in [0.2, 0.25) is 5.15 Å². The molecule has 0 amide bonds. The van der Waals surface area contributed by atoms with Crippen LogP contribution in [0, 0.1) is 0 Å². The number of imidazole rings is 1. The third-order valence-electron chi connectivity index (χ3n) is 2.21. The van der Waals surface area contributed by atoms with Crippen LogP contribution in [-0.2, 0) is 9.84 Å². The predicted octanol–water partition coefficient (Wildman–Crippen LogP) is 2.17. The Bertz CT molecular complexity index is 619. The smallest absolute Gasteiger partial charge is 0.197 e. The number of fused-ring (bicyclic) bond motifs is 1. The van der Waals surface area contributed by atoms with Crippen LogP contribution < -0.4 is 0 Å². The topological polar surface area (TPSA) is 51.4 Å². The number of nitrogens with zero attached hydrogens (tertiary/aromatic N) is 2. The van der Waals surface area contributed by atoms with E-state index in [0.717, 1.165) is 0 Å². The van der Waals surface area contributed by atoms with Crippen LogP contribution in [0.5, 0.6) is 0 Å². The van der Waals surface area contributed by atoms with Crippen LogP contribution in [0.15, 0.2) is 29.4 Å². The zero-order valence-electron chi connectivity index (χ0n) is 8.72. The van der Waals surface area contributed by atoms with Crippen molar-refractivity contribution in [1.29, 1.82) is 0 Å². The molecule has 0 unspecified atom stereocenters. The highest BCUT2D eigenvalue weighted by molar-refractivity contribution is 7.91. The van der Waals surface area contributed by atoms with Crippen LogP contribution in [0.1, 0.15) is 13.3 Å². The summed E-state index contributed by atoms with van der Waals surface area (Å²) >= 11 is 5.88. The maximum Gasteiger partial charge on any atom is 0.197 e. The molecule has 16 heavy (non-hydrogen) atoms. The first kappa shape index (κ1) is 11.4. The number of aromatic nitrogens is 2. The molecule has 0 aliphatic rings. The highest BCUT2D eigenvalue weighted by Crippen LogP contribution is 2.23. The zero-order valence-corrected chi connectivity index (χ0v) is 10.3. The molecule has 0 radical (unpaired) electrons. The molecule has 0 aliphatic carbocycles. The summed E-state index contributed by atoms with van der Waals surface area (Å²) in [7, 11) is -3.36. The fourth-order valence-corrected chi connectivity index (χ4v) is 3.61. The van der Waals surface area contributed by atoms with E-state index in [1.807, 2.05) is 6.92 Å². The average molecular weight is 259 g/mol. The third-order valence-corrected chi connectivity index (χ3v) is 4.51. The molecule has 0 spiro atoms. The molecule has 6 heteroatoms. The van der Waals surface area contributed by atoms with E-state index in [0.29, 0.717) is 12.1 Å². The summed E-state index contributed by atoms with van der Waals surface area (Å²) in [4.78, 5) is 4.01. The zero-order chi connectivity index (χ0) is 11.8. The van der Waals surface area contributed by atoms with Gasteiger partial charge in [0.1, 0.15) is 5.65 Å². The van der Waals surface area contributed by atoms with Gasteiger partial charge in [-0.05, 0) is 18.6 Å². The summed E-state index contributed by atoms with van der Waals surface area (Å²) in [6.45, 7) is 1.81. The molecular weight excluding hydrogens is 248 g/mol. The van der Waals surface area contributed by atoms with Gasteiger partial charge in [-0.25, -0.2) is 13.4 Å². The molecule has 2 aromatic rings. The van der Waals surface area contributed by atoms with Crippen molar-refractivity contribution in [2.24, 2.45) is 0 Å². The quantitative estimate of drug-likeness (QED) is 0.848. The van der Waals surface area contributed by atoms with Gasteiger partial charge in [0, 0.05) is 6.20 Å². The summed E-state index contributed by atoms with van der Waals surface area (Å²) < 4.78 is 25.5. The van der Waals surface area contributed by atoms with Gasteiger partial charge >= 0.3 is 0 Å². The summed E-state index contributed by atoms with van der Waals surface area (Å²) in [5, 5.41) is 0.131. The van der Waals surface area contributed by atoms with Gasteiger partial charge in [0.15, 0.2) is 20.0 Å². The lowest BCUT2D eigenvalue weighted by atomic mass is 10.5. The fourth-order valence-electron chi connectivity index (χ4n) is 1.59. The van der Waals surface area contributed by atoms with Crippen molar-refractivity contribution in [3.05, 3.63) is 29.5 Å². The second-order valence-electron chi connectivity index (χ2n) is 3.46. The molecule has 4 nitrogen and oxygen atoms in total. The molecule has 2 aromatic heterocycles. The van der Waals surface area contributed by atoms with Crippen molar-refractivity contribution in [1.82, 2.24) is 9.38 Å². The van der Waals surface area contributed by atoms with E-state index >= 15 is 0 Å². The van der Waals surface area contributed by atoms with Gasteiger partial charge in [0.05, 0.1) is 5.75 Å². The molecule has 0 saturated heterocycles. The number of pyridine rings is 1. The van der Waals surface area contributed by atoms with E-state index < -0.39 is 9.84 Å². The minimum absolute atomic E-state index is 0.0413. The minimum Gasteiger partial charge on any atom is -0.289 e. The lowest BCUT2D eigenvalue weighted by Crippen LogP contribution is -2.09. The highest BCUT2D eigenvalue weighted by atomic mass is 35.5. The van der Waals surface area contributed by atoms with Crippen LogP contribution in [0.25, 0.3) is 5.65 Å². The summed E-state index contributed by atoms with van der Waals surface area (Å²) in [5.74, 6) is 0.0788. The Morgan fingerprint density at radius 2 is 2.19 bits per heavy atom.